The Morgan fingerprint density at radius 1 is 0.197 bits per heavy atom. The lowest BCUT2D eigenvalue weighted by Crippen LogP contribution is -2.38. The van der Waals surface area contributed by atoms with Crippen LogP contribution in [0.3, 0.4) is 0 Å². The van der Waals surface area contributed by atoms with Crippen molar-refractivity contribution in [1.82, 2.24) is 29.4 Å². The van der Waals surface area contributed by atoms with Crippen LogP contribution in [0.4, 0.5) is 0 Å². The van der Waals surface area contributed by atoms with Crippen LogP contribution in [-0.4, -0.2) is 236 Å². The first-order valence-electron chi connectivity index (χ1n) is 20.9. The summed E-state index contributed by atoms with van der Waals surface area (Å²) in [6.07, 6.45) is 1.90. The molecule has 0 aromatic heterocycles. The van der Waals surface area contributed by atoms with Crippen LogP contribution in [0.15, 0.2) is 0 Å². The van der Waals surface area contributed by atoms with E-state index in [1.54, 1.807) is 19.6 Å². The van der Waals surface area contributed by atoms with E-state index < -0.39 is 47.8 Å². The molecular formula is C39H70N6O16. The highest BCUT2D eigenvalue weighted by Crippen LogP contribution is 2.08. The lowest BCUT2D eigenvalue weighted by Gasteiger charge is -2.29. The van der Waals surface area contributed by atoms with Crippen LogP contribution in [0.1, 0.15) is 83.5 Å². The second-order valence-electron chi connectivity index (χ2n) is 15.0. The predicted molar refractivity (Wildman–Crippen MR) is 220 cm³/mol. The number of carboxylic acid groups (broad SMARTS) is 8. The Kier molecular flexibility index (Phi) is 32.6. The quantitative estimate of drug-likeness (QED) is 0.0414. The molecule has 0 saturated carbocycles. The van der Waals surface area contributed by atoms with Crippen LogP contribution in [0.2, 0.25) is 0 Å². The molecule has 0 rings (SSSR count). The summed E-state index contributed by atoms with van der Waals surface area (Å²) >= 11 is 0. The van der Waals surface area contributed by atoms with Crippen LogP contribution >= 0.6 is 0 Å². The van der Waals surface area contributed by atoms with Gasteiger partial charge in [0.05, 0.1) is 51.4 Å². The molecule has 0 radical (unpaired) electrons. The van der Waals surface area contributed by atoms with Crippen LogP contribution in [0.5, 0.6) is 0 Å². The van der Waals surface area contributed by atoms with Crippen molar-refractivity contribution < 1.29 is 79.2 Å². The Balaban J connectivity index is 5.99. The average Bonchev–Trinajstić information content (AvgIpc) is 3.16. The van der Waals surface area contributed by atoms with Crippen molar-refractivity contribution >= 4 is 47.8 Å². The minimum Gasteiger partial charge on any atom is -0.481 e. The third-order valence-electron chi connectivity index (χ3n) is 9.88. The fourth-order valence-corrected chi connectivity index (χ4v) is 6.63. The first kappa shape index (κ1) is 56.5. The van der Waals surface area contributed by atoms with Crippen molar-refractivity contribution in [3.8, 4) is 0 Å². The summed E-state index contributed by atoms with van der Waals surface area (Å²) in [5, 5.41) is 73.6. The standard InChI is InChI=1S/C39H70N6O16/c46-32(47)6-24-42(25-7-33(48)49)20-2-16-40(17-3-21-43(26-8-34(50)51)27-9-35(52)53)14-1-15-41(18-4-22-44(28-10-36(54)55)29-11-37(56)57)19-5-23-45(30-12-38(58)59)31-13-39(60)61/h1-31H2,(H,46,47)(H,48,49)(H,50,51)(H,52,53)(H,54,55)(H,56,57)(H,58,59)(H,60,61). The lowest BCUT2D eigenvalue weighted by atomic mass is 10.2. The Labute approximate surface area is 357 Å². The van der Waals surface area contributed by atoms with E-state index in [0.717, 1.165) is 0 Å². The van der Waals surface area contributed by atoms with Crippen LogP contribution < -0.4 is 0 Å². The predicted octanol–water partition coefficient (Wildman–Crippen LogP) is 0.547. The van der Waals surface area contributed by atoms with Gasteiger partial charge in [-0.1, -0.05) is 0 Å². The zero-order valence-electron chi connectivity index (χ0n) is 35.4. The number of hydrogen-bond donors (Lipinski definition) is 8. The maximum Gasteiger partial charge on any atom is 0.304 e. The van der Waals surface area contributed by atoms with Gasteiger partial charge in [0, 0.05) is 52.4 Å². The number of carbonyl (C=O) groups is 8. The zero-order chi connectivity index (χ0) is 46.0. The van der Waals surface area contributed by atoms with Gasteiger partial charge in [0.15, 0.2) is 0 Å². The van der Waals surface area contributed by atoms with E-state index in [9.17, 15) is 79.2 Å². The summed E-state index contributed by atoms with van der Waals surface area (Å²) in [5.41, 5.74) is 0. The van der Waals surface area contributed by atoms with Crippen molar-refractivity contribution in [2.45, 2.75) is 83.5 Å². The average molecular weight is 879 g/mol. The molecule has 0 aliphatic heterocycles. The minimum atomic E-state index is -0.997. The SMILES string of the molecule is O=C(O)CCN(CCCN(CCCN(CCCN(CCC(=O)O)CCC(=O)O)CCCN(CCC(=O)O)CCC(=O)O)CCCN(CCC(=O)O)CCC(=O)O)CCC(=O)O. The first-order chi connectivity index (χ1) is 28.9. The molecule has 0 aliphatic rings. The minimum absolute atomic E-state index is 0.143. The molecule has 0 aromatic carbocycles. The van der Waals surface area contributed by atoms with Crippen molar-refractivity contribution in [1.29, 1.82) is 0 Å². The van der Waals surface area contributed by atoms with Gasteiger partial charge in [-0.25, -0.2) is 0 Å². The summed E-state index contributed by atoms with van der Waals surface area (Å²) in [4.78, 5) is 102. The highest BCUT2D eigenvalue weighted by molar-refractivity contribution is 5.69. The number of hydrogen-bond acceptors (Lipinski definition) is 14. The largest absolute Gasteiger partial charge is 0.481 e. The van der Waals surface area contributed by atoms with Gasteiger partial charge in [-0.05, 0) is 97.6 Å². The molecule has 0 aliphatic carbocycles. The lowest BCUT2D eigenvalue weighted by molar-refractivity contribution is -0.139. The summed E-state index contributed by atoms with van der Waals surface area (Å²) in [6, 6.07) is 0. The Hall–Kier alpha value is -4.48. The number of rotatable bonds is 44. The molecule has 8 N–H and O–H groups in total. The van der Waals surface area contributed by atoms with E-state index in [2.05, 4.69) is 9.80 Å². The van der Waals surface area contributed by atoms with Gasteiger partial charge in [0.1, 0.15) is 0 Å². The monoisotopic (exact) mass is 878 g/mol. The topological polar surface area (TPSA) is 318 Å². The van der Waals surface area contributed by atoms with Gasteiger partial charge in [-0.15, -0.1) is 0 Å². The van der Waals surface area contributed by atoms with Gasteiger partial charge in [-0.3, -0.25) is 38.4 Å². The summed E-state index contributed by atoms with van der Waals surface area (Å²) in [6.45, 7) is 6.83. The summed E-state index contributed by atoms with van der Waals surface area (Å²) in [5.74, 6) is -7.98. The molecule has 22 nitrogen and oxygen atoms in total. The molecule has 0 heterocycles. The summed E-state index contributed by atoms with van der Waals surface area (Å²) < 4.78 is 0. The van der Waals surface area contributed by atoms with Gasteiger partial charge in [0.25, 0.3) is 0 Å². The van der Waals surface area contributed by atoms with E-state index in [0.29, 0.717) is 97.6 Å². The molecule has 61 heavy (non-hydrogen) atoms. The molecule has 0 saturated heterocycles. The highest BCUT2D eigenvalue weighted by atomic mass is 16.4. The van der Waals surface area contributed by atoms with E-state index >= 15 is 0 Å². The number of aliphatic carboxylic acids is 8. The van der Waals surface area contributed by atoms with Gasteiger partial charge >= 0.3 is 47.8 Å². The fourth-order valence-electron chi connectivity index (χ4n) is 6.63. The smallest absolute Gasteiger partial charge is 0.304 e. The second-order valence-corrected chi connectivity index (χ2v) is 15.0. The molecule has 352 valence electrons. The maximum absolute atomic E-state index is 11.2. The molecule has 0 amide bonds. The summed E-state index contributed by atoms with van der Waals surface area (Å²) in [7, 11) is 0. The molecular weight excluding hydrogens is 808 g/mol. The van der Waals surface area contributed by atoms with Crippen LogP contribution in [-0.2, 0) is 38.4 Å². The molecule has 0 fully saturated rings. The molecule has 0 atom stereocenters. The third-order valence-corrected chi connectivity index (χ3v) is 9.88. The van der Waals surface area contributed by atoms with Crippen molar-refractivity contribution in [3.05, 3.63) is 0 Å². The second kappa shape index (κ2) is 35.2. The first-order valence-corrected chi connectivity index (χ1v) is 20.9. The zero-order valence-corrected chi connectivity index (χ0v) is 35.4. The molecule has 0 spiro atoms. The molecule has 0 unspecified atom stereocenters. The van der Waals surface area contributed by atoms with Gasteiger partial charge in [0.2, 0.25) is 0 Å². The number of nitrogens with zero attached hydrogens (tertiary/aromatic N) is 6. The van der Waals surface area contributed by atoms with E-state index in [4.69, 9.17) is 0 Å². The van der Waals surface area contributed by atoms with E-state index in [-0.39, 0.29) is 104 Å². The van der Waals surface area contributed by atoms with E-state index in [1.807, 2.05) is 0 Å². The van der Waals surface area contributed by atoms with Crippen LogP contribution in [0, 0.1) is 0 Å². The van der Waals surface area contributed by atoms with Gasteiger partial charge < -0.3 is 70.3 Å². The Morgan fingerprint density at radius 3 is 0.393 bits per heavy atom. The maximum atomic E-state index is 11.2. The Morgan fingerprint density at radius 2 is 0.295 bits per heavy atom. The van der Waals surface area contributed by atoms with Crippen LogP contribution in [0.25, 0.3) is 0 Å². The Bertz CT molecular complexity index is 1060. The molecule has 0 aromatic rings. The van der Waals surface area contributed by atoms with Crippen molar-refractivity contribution in [2.24, 2.45) is 0 Å². The molecule has 0 bridgehead atoms. The van der Waals surface area contributed by atoms with Crippen molar-refractivity contribution in [3.63, 3.8) is 0 Å². The van der Waals surface area contributed by atoms with Crippen molar-refractivity contribution in [2.75, 3.05) is 118 Å². The fraction of sp³-hybridized carbons (Fsp3) is 0.795. The third kappa shape index (κ3) is 37.0. The normalized spacial score (nSPS) is 11.6. The van der Waals surface area contributed by atoms with E-state index in [1.165, 1.54) is 0 Å². The van der Waals surface area contributed by atoms with Gasteiger partial charge in [-0.2, -0.15) is 0 Å². The number of carboxylic acids is 8. The molecule has 22 heteroatoms. The highest BCUT2D eigenvalue weighted by Gasteiger charge is 2.17.